The highest BCUT2D eigenvalue weighted by atomic mass is 32.5. The van der Waals surface area contributed by atoms with Crippen LogP contribution in [-0.2, 0) is 21.1 Å². The predicted molar refractivity (Wildman–Crippen MR) is 66.4 cm³/mol. The highest BCUT2D eigenvalue weighted by molar-refractivity contribution is 8.06. The molecule has 106 valence electrons. The number of carbonyl (C=O) groups excluding carboxylic acids is 1. The molecule has 1 aliphatic rings. The van der Waals surface area contributed by atoms with Crippen molar-refractivity contribution in [2.45, 2.75) is 25.2 Å². The quantitative estimate of drug-likeness (QED) is 0.607. The van der Waals surface area contributed by atoms with Crippen LogP contribution in [0.4, 0.5) is 0 Å². The summed E-state index contributed by atoms with van der Waals surface area (Å²) >= 11 is 4.34. The Labute approximate surface area is 113 Å². The van der Waals surface area contributed by atoms with E-state index in [0.29, 0.717) is 12.8 Å². The van der Waals surface area contributed by atoms with Gasteiger partial charge >= 0.3 is 6.72 Å². The zero-order valence-electron chi connectivity index (χ0n) is 9.75. The Morgan fingerprint density at radius 3 is 3.00 bits per heavy atom. The highest BCUT2D eigenvalue weighted by Crippen LogP contribution is 2.38. The zero-order chi connectivity index (χ0) is 14.0. The fourth-order valence-corrected chi connectivity index (χ4v) is 2.25. The number of hydrogen-bond donors (Lipinski definition) is 3. The molecule has 0 aromatic carbocycles. The van der Waals surface area contributed by atoms with E-state index in [1.54, 1.807) is 0 Å². The molecule has 1 saturated heterocycles. The van der Waals surface area contributed by atoms with Crippen LogP contribution in [0.2, 0.25) is 0 Å². The van der Waals surface area contributed by atoms with Crippen molar-refractivity contribution in [1.29, 1.82) is 0 Å². The summed E-state index contributed by atoms with van der Waals surface area (Å²) in [5.41, 5.74) is 5.05. The van der Waals surface area contributed by atoms with Gasteiger partial charge < -0.3 is 24.8 Å². The van der Waals surface area contributed by atoms with Gasteiger partial charge in [0.2, 0.25) is 5.82 Å². The molecule has 0 bridgehead atoms. The molecule has 1 aromatic rings. The van der Waals surface area contributed by atoms with Crippen LogP contribution in [0.5, 0.6) is 0 Å². The number of nitrogens with zero attached hydrogens (tertiary/aromatic N) is 3. The summed E-state index contributed by atoms with van der Waals surface area (Å²) in [6.45, 7) is -3.66. The number of primary amides is 1. The van der Waals surface area contributed by atoms with Crippen LogP contribution in [-0.4, -0.2) is 43.2 Å². The molecule has 9 nitrogen and oxygen atoms in total. The maximum Gasteiger partial charge on any atom is 0.321 e. The van der Waals surface area contributed by atoms with Crippen molar-refractivity contribution in [2.75, 3.05) is 6.61 Å². The topological polar surface area (TPSA) is 133 Å². The molecular weight excluding hydrogens is 295 g/mol. The molecule has 1 aromatic heterocycles. The van der Waals surface area contributed by atoms with Gasteiger partial charge in [0.1, 0.15) is 6.33 Å². The largest absolute Gasteiger partial charge is 0.363 e. The number of aromatic nitrogens is 3. The van der Waals surface area contributed by atoms with Crippen molar-refractivity contribution >= 4 is 24.4 Å². The standard InChI is InChI=1S/C8H13N4O5PS/c9-7(13)8-10-4-12(11-8)6-2-1-5(17-6)3-16-18(14,15)19/h4-6H,1-3H2,(H2,9,13)(H2,14,15,19)/t5-,6+/m0/s1. The number of rotatable bonds is 5. The summed E-state index contributed by atoms with van der Waals surface area (Å²) in [7, 11) is 0. The van der Waals surface area contributed by atoms with Crippen molar-refractivity contribution in [3.8, 4) is 0 Å². The predicted octanol–water partition coefficient (Wildman–Crippen LogP) is -0.720. The van der Waals surface area contributed by atoms with E-state index in [2.05, 4.69) is 21.9 Å². The maximum absolute atomic E-state index is 10.9. The van der Waals surface area contributed by atoms with Crippen molar-refractivity contribution in [3.05, 3.63) is 12.2 Å². The number of nitrogens with two attached hydrogens (primary N) is 1. The summed E-state index contributed by atoms with van der Waals surface area (Å²) in [6.07, 6.45) is 1.94. The summed E-state index contributed by atoms with van der Waals surface area (Å²) in [6, 6.07) is 0. The molecule has 0 spiro atoms. The molecule has 0 saturated carbocycles. The average Bonchev–Trinajstić information content (AvgIpc) is 2.94. The monoisotopic (exact) mass is 308 g/mol. The third-order valence-corrected chi connectivity index (χ3v) is 3.34. The van der Waals surface area contributed by atoms with Crippen molar-refractivity contribution in [3.63, 3.8) is 0 Å². The summed E-state index contributed by atoms with van der Waals surface area (Å²) in [5, 5.41) is 3.89. The highest BCUT2D eigenvalue weighted by Gasteiger charge is 2.29. The fourth-order valence-electron chi connectivity index (χ4n) is 1.71. The van der Waals surface area contributed by atoms with Crippen LogP contribution in [0.25, 0.3) is 0 Å². The van der Waals surface area contributed by atoms with Gasteiger partial charge in [0, 0.05) is 0 Å². The van der Waals surface area contributed by atoms with Gasteiger partial charge in [0.25, 0.3) is 5.91 Å². The number of hydrogen-bond acceptors (Lipinski definition) is 6. The van der Waals surface area contributed by atoms with E-state index < -0.39 is 12.6 Å². The van der Waals surface area contributed by atoms with E-state index in [4.69, 9.17) is 24.8 Å². The molecule has 0 aliphatic carbocycles. The second kappa shape index (κ2) is 5.61. The Morgan fingerprint density at radius 1 is 1.68 bits per heavy atom. The lowest BCUT2D eigenvalue weighted by Crippen LogP contribution is -2.17. The SMILES string of the molecule is NC(=O)c1ncn([C@H]2CC[C@@H](COP(O)(O)=S)O2)n1. The zero-order valence-corrected chi connectivity index (χ0v) is 11.5. The van der Waals surface area contributed by atoms with Crippen molar-refractivity contribution in [1.82, 2.24) is 14.8 Å². The first-order valence-corrected chi connectivity index (χ1v) is 8.04. The first-order valence-electron chi connectivity index (χ1n) is 5.41. The van der Waals surface area contributed by atoms with Gasteiger partial charge in [-0.2, -0.15) is 0 Å². The Bertz CT molecular complexity index is 517. The van der Waals surface area contributed by atoms with Crippen molar-refractivity contribution in [2.24, 2.45) is 5.73 Å². The Morgan fingerprint density at radius 2 is 2.42 bits per heavy atom. The van der Waals surface area contributed by atoms with Crippen LogP contribution in [0.15, 0.2) is 6.33 Å². The van der Waals surface area contributed by atoms with Gasteiger partial charge in [-0.15, -0.1) is 5.10 Å². The molecule has 0 radical (unpaired) electrons. The lowest BCUT2D eigenvalue weighted by molar-refractivity contribution is -0.0257. The van der Waals surface area contributed by atoms with E-state index in [-0.39, 0.29) is 24.8 Å². The summed E-state index contributed by atoms with van der Waals surface area (Å²) in [4.78, 5) is 32.5. The Balaban J connectivity index is 1.90. The summed E-state index contributed by atoms with van der Waals surface area (Å²) in [5.74, 6) is -0.789. The minimum atomic E-state index is -3.66. The first-order chi connectivity index (χ1) is 8.85. The number of ether oxygens (including phenoxy) is 1. The van der Waals surface area contributed by atoms with Crippen molar-refractivity contribution < 1.29 is 23.8 Å². The van der Waals surface area contributed by atoms with Gasteiger partial charge in [0.05, 0.1) is 12.7 Å². The van der Waals surface area contributed by atoms with E-state index in [9.17, 15) is 4.79 Å². The molecule has 1 aliphatic heterocycles. The third-order valence-electron chi connectivity index (χ3n) is 2.54. The van der Waals surface area contributed by atoms with Gasteiger partial charge in [-0.05, 0) is 24.6 Å². The van der Waals surface area contributed by atoms with Crippen LogP contribution >= 0.6 is 6.72 Å². The average molecular weight is 308 g/mol. The molecule has 2 rings (SSSR count). The molecule has 4 N–H and O–H groups in total. The molecule has 0 unspecified atom stereocenters. The van der Waals surface area contributed by atoms with E-state index in [1.807, 2.05) is 0 Å². The van der Waals surface area contributed by atoms with Crippen LogP contribution < -0.4 is 5.73 Å². The van der Waals surface area contributed by atoms with Gasteiger partial charge in [-0.25, -0.2) is 9.67 Å². The van der Waals surface area contributed by atoms with Gasteiger partial charge in [0.15, 0.2) is 6.23 Å². The Kier molecular flexibility index (Phi) is 4.29. The molecule has 19 heavy (non-hydrogen) atoms. The molecule has 1 amide bonds. The second-order valence-corrected chi connectivity index (χ2v) is 6.66. The maximum atomic E-state index is 10.9. The minimum Gasteiger partial charge on any atom is -0.363 e. The lowest BCUT2D eigenvalue weighted by atomic mass is 10.2. The van der Waals surface area contributed by atoms with Crippen LogP contribution in [0.3, 0.4) is 0 Å². The van der Waals surface area contributed by atoms with Crippen LogP contribution in [0.1, 0.15) is 29.7 Å². The summed E-state index contributed by atoms with van der Waals surface area (Å²) < 4.78 is 11.7. The van der Waals surface area contributed by atoms with Gasteiger partial charge in [-0.1, -0.05) is 0 Å². The molecule has 2 heterocycles. The number of carbonyl (C=O) groups is 1. The fraction of sp³-hybridized carbons (Fsp3) is 0.625. The van der Waals surface area contributed by atoms with Crippen LogP contribution in [0, 0.1) is 0 Å². The Hall–Kier alpha value is -0.900. The lowest BCUT2D eigenvalue weighted by Gasteiger charge is -2.15. The molecule has 1 fully saturated rings. The van der Waals surface area contributed by atoms with E-state index in [1.165, 1.54) is 11.0 Å². The number of amides is 1. The normalized spacial score (nSPS) is 23.7. The van der Waals surface area contributed by atoms with E-state index >= 15 is 0 Å². The molecule has 11 heteroatoms. The first kappa shape index (κ1) is 14.5. The molecule has 2 atom stereocenters. The molecular formula is C8H13N4O5PS. The van der Waals surface area contributed by atoms with Gasteiger partial charge in [-0.3, -0.25) is 4.79 Å². The minimum absolute atomic E-state index is 0.00183. The third kappa shape index (κ3) is 4.03. The smallest absolute Gasteiger partial charge is 0.321 e. The van der Waals surface area contributed by atoms with E-state index in [0.717, 1.165) is 0 Å². The second-order valence-electron chi connectivity index (χ2n) is 3.99.